The number of benzene rings is 1. The Morgan fingerprint density at radius 1 is 1.28 bits per heavy atom. The van der Waals surface area contributed by atoms with Gasteiger partial charge in [-0.3, -0.25) is 0 Å². The molecule has 1 saturated heterocycles. The second kappa shape index (κ2) is 5.16. The van der Waals surface area contributed by atoms with Crippen molar-refractivity contribution in [3.8, 4) is 5.75 Å². The number of aliphatic hydroxyl groups excluding tert-OH is 1. The molecule has 100 valence electrons. The number of hydrogen-bond donors (Lipinski definition) is 1. The van der Waals surface area contributed by atoms with E-state index in [0.717, 1.165) is 12.8 Å². The third-order valence-electron chi connectivity index (χ3n) is 2.77. The highest BCUT2D eigenvalue weighted by molar-refractivity contribution is 5.29. The molecule has 1 aromatic carbocycles. The van der Waals surface area contributed by atoms with E-state index in [1.165, 1.54) is 24.3 Å². The van der Waals surface area contributed by atoms with Crippen molar-refractivity contribution >= 4 is 0 Å². The summed E-state index contributed by atoms with van der Waals surface area (Å²) in [6.07, 6.45) is -4.15. The highest BCUT2D eigenvalue weighted by Gasteiger charge is 2.31. The predicted molar refractivity (Wildman–Crippen MR) is 57.1 cm³/mol. The number of halogens is 3. The van der Waals surface area contributed by atoms with Gasteiger partial charge in [0.2, 0.25) is 0 Å². The summed E-state index contributed by atoms with van der Waals surface area (Å²) >= 11 is 0. The molecule has 6 heteroatoms. The average molecular weight is 262 g/mol. The topological polar surface area (TPSA) is 38.7 Å². The second-order valence-corrected chi connectivity index (χ2v) is 4.11. The third kappa shape index (κ3) is 3.36. The van der Waals surface area contributed by atoms with Crippen LogP contribution < -0.4 is 4.74 Å². The van der Waals surface area contributed by atoms with Crippen molar-refractivity contribution < 1.29 is 27.8 Å². The molecule has 0 radical (unpaired) electrons. The molecule has 2 unspecified atom stereocenters. The molecule has 3 nitrogen and oxygen atoms in total. The Kier molecular flexibility index (Phi) is 3.77. The van der Waals surface area contributed by atoms with E-state index in [9.17, 15) is 18.3 Å². The van der Waals surface area contributed by atoms with Gasteiger partial charge in [-0.1, -0.05) is 12.1 Å². The fourth-order valence-corrected chi connectivity index (χ4v) is 1.93. The first-order valence-corrected chi connectivity index (χ1v) is 5.61. The van der Waals surface area contributed by atoms with Gasteiger partial charge in [-0.25, -0.2) is 0 Å². The van der Waals surface area contributed by atoms with Gasteiger partial charge < -0.3 is 14.6 Å². The van der Waals surface area contributed by atoms with E-state index in [0.29, 0.717) is 12.2 Å². The summed E-state index contributed by atoms with van der Waals surface area (Å²) in [5, 5.41) is 9.96. The van der Waals surface area contributed by atoms with Crippen molar-refractivity contribution in [2.45, 2.75) is 31.4 Å². The molecule has 1 heterocycles. The van der Waals surface area contributed by atoms with Crippen molar-refractivity contribution in [3.05, 3.63) is 29.8 Å². The van der Waals surface area contributed by atoms with Gasteiger partial charge in [0.15, 0.2) is 0 Å². The van der Waals surface area contributed by atoms with E-state index in [1.54, 1.807) is 0 Å². The number of alkyl halides is 3. The van der Waals surface area contributed by atoms with Gasteiger partial charge in [-0.15, -0.1) is 13.2 Å². The molecule has 2 atom stereocenters. The Morgan fingerprint density at radius 2 is 1.94 bits per heavy atom. The Labute approximate surface area is 102 Å². The van der Waals surface area contributed by atoms with Crippen LogP contribution in [0.1, 0.15) is 24.5 Å². The molecule has 1 fully saturated rings. The Morgan fingerprint density at radius 3 is 2.44 bits per heavy atom. The average Bonchev–Trinajstić information content (AvgIpc) is 2.80. The number of rotatable bonds is 3. The fraction of sp³-hybridized carbons (Fsp3) is 0.500. The minimum absolute atomic E-state index is 0.278. The number of aliphatic hydroxyl groups is 1. The summed E-state index contributed by atoms with van der Waals surface area (Å²) < 4.78 is 44.9. The van der Waals surface area contributed by atoms with E-state index >= 15 is 0 Å². The number of ether oxygens (including phenoxy) is 2. The van der Waals surface area contributed by atoms with Gasteiger partial charge in [-0.05, 0) is 30.5 Å². The van der Waals surface area contributed by atoms with Crippen molar-refractivity contribution in [3.63, 3.8) is 0 Å². The van der Waals surface area contributed by atoms with Crippen LogP contribution in [0.3, 0.4) is 0 Å². The van der Waals surface area contributed by atoms with Gasteiger partial charge in [0.1, 0.15) is 11.9 Å². The maximum absolute atomic E-state index is 12.0. The summed E-state index contributed by atoms with van der Waals surface area (Å²) in [6, 6.07) is 5.18. The van der Waals surface area contributed by atoms with Crippen molar-refractivity contribution in [2.75, 3.05) is 6.61 Å². The van der Waals surface area contributed by atoms with E-state index in [4.69, 9.17) is 4.74 Å². The van der Waals surface area contributed by atoms with Crippen LogP contribution >= 0.6 is 0 Å². The molecule has 1 aliphatic heterocycles. The maximum Gasteiger partial charge on any atom is 0.573 e. The van der Waals surface area contributed by atoms with Gasteiger partial charge in [0.25, 0.3) is 0 Å². The zero-order valence-corrected chi connectivity index (χ0v) is 9.48. The van der Waals surface area contributed by atoms with Crippen molar-refractivity contribution in [1.82, 2.24) is 0 Å². The van der Waals surface area contributed by atoms with Crippen LogP contribution in [0.2, 0.25) is 0 Å². The first-order chi connectivity index (χ1) is 8.46. The zero-order valence-electron chi connectivity index (χ0n) is 9.48. The predicted octanol–water partition coefficient (Wildman–Crippen LogP) is 2.80. The molecular formula is C12H13F3O3. The van der Waals surface area contributed by atoms with Gasteiger partial charge in [0.05, 0.1) is 6.10 Å². The van der Waals surface area contributed by atoms with Crippen LogP contribution in [0.25, 0.3) is 0 Å². The lowest BCUT2D eigenvalue weighted by Gasteiger charge is -2.18. The van der Waals surface area contributed by atoms with Gasteiger partial charge >= 0.3 is 6.36 Å². The Balaban J connectivity index is 2.02. The minimum Gasteiger partial charge on any atom is -0.406 e. The van der Waals surface area contributed by atoms with Crippen LogP contribution in [0.5, 0.6) is 5.75 Å². The lowest BCUT2D eigenvalue weighted by Crippen LogP contribution is -2.18. The Hall–Kier alpha value is -1.27. The summed E-state index contributed by atoms with van der Waals surface area (Å²) in [5.74, 6) is -0.300. The second-order valence-electron chi connectivity index (χ2n) is 4.11. The summed E-state index contributed by atoms with van der Waals surface area (Å²) in [6.45, 7) is 0.608. The minimum atomic E-state index is -4.70. The normalized spacial score (nSPS) is 21.9. The third-order valence-corrected chi connectivity index (χ3v) is 2.77. The summed E-state index contributed by atoms with van der Waals surface area (Å²) in [4.78, 5) is 0. The van der Waals surface area contributed by atoms with E-state index in [2.05, 4.69) is 4.74 Å². The smallest absolute Gasteiger partial charge is 0.406 e. The van der Waals surface area contributed by atoms with E-state index in [-0.39, 0.29) is 11.9 Å². The van der Waals surface area contributed by atoms with E-state index in [1.807, 2.05) is 0 Å². The molecule has 18 heavy (non-hydrogen) atoms. The molecule has 1 N–H and O–H groups in total. The molecule has 1 aliphatic rings. The lowest BCUT2D eigenvalue weighted by atomic mass is 10.0. The van der Waals surface area contributed by atoms with Crippen molar-refractivity contribution in [1.29, 1.82) is 0 Å². The van der Waals surface area contributed by atoms with Crippen LogP contribution in [0.4, 0.5) is 13.2 Å². The van der Waals surface area contributed by atoms with E-state index < -0.39 is 12.5 Å². The molecule has 0 bridgehead atoms. The molecular weight excluding hydrogens is 249 g/mol. The van der Waals surface area contributed by atoms with Gasteiger partial charge in [0, 0.05) is 6.61 Å². The van der Waals surface area contributed by atoms with Crippen LogP contribution in [-0.4, -0.2) is 24.2 Å². The first-order valence-electron chi connectivity index (χ1n) is 5.61. The molecule has 1 aromatic rings. The SMILES string of the molecule is OC(c1ccc(OC(F)(F)F)cc1)C1CCCO1. The zero-order chi connectivity index (χ0) is 13.2. The van der Waals surface area contributed by atoms with Gasteiger partial charge in [-0.2, -0.15) is 0 Å². The molecule has 0 aromatic heterocycles. The van der Waals surface area contributed by atoms with Crippen LogP contribution in [-0.2, 0) is 4.74 Å². The largest absolute Gasteiger partial charge is 0.573 e. The molecule has 0 saturated carbocycles. The monoisotopic (exact) mass is 262 g/mol. The lowest BCUT2D eigenvalue weighted by molar-refractivity contribution is -0.274. The fourth-order valence-electron chi connectivity index (χ4n) is 1.93. The summed E-state index contributed by atoms with van der Waals surface area (Å²) in [7, 11) is 0. The summed E-state index contributed by atoms with van der Waals surface area (Å²) in [5.41, 5.74) is 0.524. The highest BCUT2D eigenvalue weighted by Crippen LogP contribution is 2.29. The standard InChI is InChI=1S/C12H13F3O3/c13-12(14,15)18-9-5-3-8(4-6-9)11(16)10-2-1-7-17-10/h3-6,10-11,16H,1-2,7H2. The first kappa shape index (κ1) is 13.2. The van der Waals surface area contributed by atoms with Crippen LogP contribution in [0, 0.1) is 0 Å². The molecule has 2 rings (SSSR count). The Bertz CT molecular complexity index is 383. The number of hydrogen-bond acceptors (Lipinski definition) is 3. The quantitative estimate of drug-likeness (QED) is 0.910. The maximum atomic E-state index is 12.0. The highest BCUT2D eigenvalue weighted by atomic mass is 19.4. The molecule has 0 aliphatic carbocycles. The molecule has 0 amide bonds. The molecule has 0 spiro atoms. The van der Waals surface area contributed by atoms with Crippen molar-refractivity contribution in [2.24, 2.45) is 0 Å². The van der Waals surface area contributed by atoms with Crippen LogP contribution in [0.15, 0.2) is 24.3 Å².